The Bertz CT molecular complexity index is 628. The zero-order valence-electron chi connectivity index (χ0n) is 11.0. The number of thiophene rings is 1. The first-order valence-corrected chi connectivity index (χ1v) is 7.78. The van der Waals surface area contributed by atoms with Gasteiger partial charge in [-0.15, -0.1) is 11.3 Å². The summed E-state index contributed by atoms with van der Waals surface area (Å²) in [4.78, 5) is 15.4. The highest BCUT2D eigenvalue weighted by Gasteiger charge is 2.36. The summed E-state index contributed by atoms with van der Waals surface area (Å²) in [6.07, 6.45) is 2.23. The molecule has 1 aliphatic carbocycles. The van der Waals surface area contributed by atoms with Crippen molar-refractivity contribution >= 4 is 38.9 Å². The minimum Gasteiger partial charge on any atom is -0.332 e. The van der Waals surface area contributed by atoms with E-state index >= 15 is 0 Å². The summed E-state index contributed by atoms with van der Waals surface area (Å²) < 4.78 is 1.08. The van der Waals surface area contributed by atoms with Crippen LogP contribution in [0.25, 0.3) is 10.1 Å². The fourth-order valence-corrected chi connectivity index (χ4v) is 3.90. The van der Waals surface area contributed by atoms with Crippen molar-refractivity contribution in [3.63, 3.8) is 0 Å². The lowest BCUT2D eigenvalue weighted by atomic mass is 10.2. The van der Waals surface area contributed by atoms with Crippen LogP contribution in [0.15, 0.2) is 24.3 Å². The van der Waals surface area contributed by atoms with E-state index in [4.69, 9.17) is 11.6 Å². The van der Waals surface area contributed by atoms with E-state index in [-0.39, 0.29) is 11.9 Å². The Kier molecular flexibility index (Phi) is 3.27. The Labute approximate surface area is 122 Å². The van der Waals surface area contributed by atoms with Crippen molar-refractivity contribution in [3.05, 3.63) is 34.2 Å². The first kappa shape index (κ1) is 12.9. The van der Waals surface area contributed by atoms with Crippen LogP contribution in [0.4, 0.5) is 0 Å². The summed E-state index contributed by atoms with van der Waals surface area (Å²) in [5.41, 5.74) is 0. The molecule has 0 aliphatic heterocycles. The van der Waals surface area contributed by atoms with E-state index in [1.54, 1.807) is 0 Å². The number of hydrogen-bond acceptors (Lipinski definition) is 2. The Balaban J connectivity index is 2.03. The summed E-state index contributed by atoms with van der Waals surface area (Å²) in [6.45, 7) is 4.13. The first-order valence-electron chi connectivity index (χ1n) is 6.59. The van der Waals surface area contributed by atoms with Crippen LogP contribution in [0.1, 0.15) is 36.4 Å². The van der Waals surface area contributed by atoms with Crippen LogP contribution in [0.2, 0.25) is 5.02 Å². The van der Waals surface area contributed by atoms with E-state index in [9.17, 15) is 4.79 Å². The normalized spacial score (nSPS) is 15.2. The molecule has 0 N–H and O–H groups in total. The molecule has 1 aromatic heterocycles. The predicted octanol–water partition coefficient (Wildman–Crippen LogP) is 4.57. The molecule has 3 rings (SSSR count). The lowest BCUT2D eigenvalue weighted by Gasteiger charge is -2.26. The van der Waals surface area contributed by atoms with Gasteiger partial charge in [-0.25, -0.2) is 0 Å². The maximum absolute atomic E-state index is 12.7. The fourth-order valence-electron chi connectivity index (χ4n) is 2.44. The van der Waals surface area contributed by atoms with Crippen LogP contribution in [0.3, 0.4) is 0 Å². The number of halogens is 1. The zero-order valence-corrected chi connectivity index (χ0v) is 12.6. The molecular weight excluding hydrogens is 278 g/mol. The number of rotatable bonds is 3. The van der Waals surface area contributed by atoms with Gasteiger partial charge in [0.15, 0.2) is 0 Å². The summed E-state index contributed by atoms with van der Waals surface area (Å²) in [5, 5.41) is 1.59. The third-order valence-electron chi connectivity index (χ3n) is 3.46. The standard InChI is InChI=1S/C15H16ClNOS/c1-9(2)17(10-7-8-10)15(18)14-13(16)11-5-3-4-6-12(11)19-14/h3-6,9-10H,7-8H2,1-2H3. The molecule has 0 saturated heterocycles. The summed E-state index contributed by atoms with van der Waals surface area (Å²) in [6, 6.07) is 8.55. The van der Waals surface area contributed by atoms with Crippen molar-refractivity contribution in [1.29, 1.82) is 0 Å². The third-order valence-corrected chi connectivity index (χ3v) is 5.12. The molecule has 1 fully saturated rings. The van der Waals surface area contributed by atoms with Gasteiger partial charge in [0.1, 0.15) is 4.88 Å². The molecule has 1 heterocycles. The van der Waals surface area contributed by atoms with Crippen molar-refractivity contribution in [2.24, 2.45) is 0 Å². The minimum absolute atomic E-state index is 0.0868. The second-order valence-corrected chi connectivity index (χ2v) is 6.71. The average molecular weight is 294 g/mol. The van der Waals surface area contributed by atoms with Crippen LogP contribution in [0.5, 0.6) is 0 Å². The molecule has 0 unspecified atom stereocenters. The number of fused-ring (bicyclic) bond motifs is 1. The van der Waals surface area contributed by atoms with Crippen LogP contribution < -0.4 is 0 Å². The highest BCUT2D eigenvalue weighted by atomic mass is 35.5. The number of hydrogen-bond donors (Lipinski definition) is 0. The first-order chi connectivity index (χ1) is 9.09. The molecule has 2 nitrogen and oxygen atoms in total. The second kappa shape index (κ2) is 4.80. The molecule has 2 aromatic rings. The summed E-state index contributed by atoms with van der Waals surface area (Å²) >= 11 is 7.89. The monoisotopic (exact) mass is 293 g/mol. The van der Waals surface area contributed by atoms with Gasteiger partial charge < -0.3 is 4.90 Å². The number of carbonyl (C=O) groups excluding carboxylic acids is 1. The Morgan fingerprint density at radius 1 is 1.37 bits per heavy atom. The van der Waals surface area contributed by atoms with Gasteiger partial charge in [0.25, 0.3) is 5.91 Å². The van der Waals surface area contributed by atoms with Crippen molar-refractivity contribution < 1.29 is 4.79 Å². The molecule has 1 aliphatic rings. The predicted molar refractivity (Wildman–Crippen MR) is 81.2 cm³/mol. The van der Waals surface area contributed by atoms with Crippen molar-refractivity contribution in [2.45, 2.75) is 38.8 Å². The maximum atomic E-state index is 12.7. The number of benzene rings is 1. The molecule has 4 heteroatoms. The molecule has 0 atom stereocenters. The average Bonchev–Trinajstić information content (AvgIpc) is 3.14. The maximum Gasteiger partial charge on any atom is 0.265 e. The van der Waals surface area contributed by atoms with Gasteiger partial charge in [-0.3, -0.25) is 4.79 Å². The highest BCUT2D eigenvalue weighted by molar-refractivity contribution is 7.21. The number of amides is 1. The number of carbonyl (C=O) groups is 1. The fraction of sp³-hybridized carbons (Fsp3) is 0.400. The largest absolute Gasteiger partial charge is 0.332 e. The molecule has 19 heavy (non-hydrogen) atoms. The summed E-state index contributed by atoms with van der Waals surface area (Å²) in [7, 11) is 0. The lowest BCUT2D eigenvalue weighted by molar-refractivity contribution is 0.0695. The van der Waals surface area contributed by atoms with E-state index in [2.05, 4.69) is 13.8 Å². The molecule has 1 amide bonds. The molecular formula is C15H16ClNOS. The van der Waals surface area contributed by atoms with Crippen molar-refractivity contribution in [2.75, 3.05) is 0 Å². The van der Waals surface area contributed by atoms with E-state index < -0.39 is 0 Å². The quantitative estimate of drug-likeness (QED) is 0.812. The van der Waals surface area contributed by atoms with Crippen LogP contribution in [0, 0.1) is 0 Å². The molecule has 1 aromatic carbocycles. The van der Waals surface area contributed by atoms with Gasteiger partial charge in [-0.05, 0) is 32.8 Å². The van der Waals surface area contributed by atoms with E-state index in [1.165, 1.54) is 11.3 Å². The molecule has 0 spiro atoms. The van der Waals surface area contributed by atoms with Gasteiger partial charge in [-0.2, -0.15) is 0 Å². The lowest BCUT2D eigenvalue weighted by Crippen LogP contribution is -2.38. The summed E-state index contributed by atoms with van der Waals surface area (Å²) in [5.74, 6) is 0.0868. The number of nitrogens with zero attached hydrogens (tertiary/aromatic N) is 1. The molecule has 100 valence electrons. The van der Waals surface area contributed by atoms with Crippen LogP contribution in [-0.4, -0.2) is 22.9 Å². The van der Waals surface area contributed by atoms with Gasteiger partial charge in [0, 0.05) is 22.2 Å². The molecule has 0 radical (unpaired) electrons. The molecule has 1 saturated carbocycles. The highest BCUT2D eigenvalue weighted by Crippen LogP contribution is 2.38. The van der Waals surface area contributed by atoms with Crippen molar-refractivity contribution in [3.8, 4) is 0 Å². The van der Waals surface area contributed by atoms with Gasteiger partial charge in [-0.1, -0.05) is 29.8 Å². The van der Waals surface area contributed by atoms with E-state index in [0.29, 0.717) is 15.9 Å². The smallest absolute Gasteiger partial charge is 0.265 e. The van der Waals surface area contributed by atoms with Crippen molar-refractivity contribution in [1.82, 2.24) is 4.90 Å². The van der Waals surface area contributed by atoms with E-state index in [1.807, 2.05) is 29.2 Å². The SMILES string of the molecule is CC(C)N(C(=O)c1sc2ccccc2c1Cl)C1CC1. The molecule has 0 bridgehead atoms. The third kappa shape index (κ3) is 2.26. The van der Waals surface area contributed by atoms with Crippen LogP contribution in [-0.2, 0) is 0 Å². The Morgan fingerprint density at radius 2 is 2.05 bits per heavy atom. The topological polar surface area (TPSA) is 20.3 Å². The van der Waals surface area contributed by atoms with Gasteiger partial charge in [0.05, 0.1) is 5.02 Å². The van der Waals surface area contributed by atoms with Gasteiger partial charge >= 0.3 is 0 Å². The zero-order chi connectivity index (χ0) is 13.6. The van der Waals surface area contributed by atoms with Crippen LogP contribution >= 0.6 is 22.9 Å². The Morgan fingerprint density at radius 3 is 2.63 bits per heavy atom. The minimum atomic E-state index is 0.0868. The Hall–Kier alpha value is -1.06. The van der Waals surface area contributed by atoms with Gasteiger partial charge in [0.2, 0.25) is 0 Å². The van der Waals surface area contributed by atoms with E-state index in [0.717, 1.165) is 22.9 Å². The second-order valence-electron chi connectivity index (χ2n) is 5.28.